The molecule has 20 heavy (non-hydrogen) atoms. The van der Waals surface area contributed by atoms with Crippen LogP contribution in [0.1, 0.15) is 32.8 Å². The molecule has 0 saturated heterocycles. The summed E-state index contributed by atoms with van der Waals surface area (Å²) in [7, 11) is 1.93. The molecule has 1 aliphatic rings. The highest BCUT2D eigenvalue weighted by Gasteiger charge is 2.31. The van der Waals surface area contributed by atoms with Crippen molar-refractivity contribution in [2.24, 2.45) is 5.92 Å². The molecule has 0 fully saturated rings. The number of nitrogens with one attached hydrogen (secondary N) is 1. The highest BCUT2D eigenvalue weighted by atomic mass is 16.3. The molecule has 0 saturated carbocycles. The molecule has 1 amide bonds. The minimum absolute atomic E-state index is 0.0725. The molecule has 4 heteroatoms. The number of amides is 1. The average Bonchev–Trinajstić information content (AvgIpc) is 2.38. The van der Waals surface area contributed by atoms with Gasteiger partial charge in [0.05, 0.1) is 0 Å². The molecule has 0 aliphatic carbocycles. The number of hydrogen-bond donors (Lipinski definition) is 2. The summed E-state index contributed by atoms with van der Waals surface area (Å²) in [5.74, 6) is 0.515. The molecular weight excluding hydrogens is 252 g/mol. The van der Waals surface area contributed by atoms with Crippen LogP contribution >= 0.6 is 0 Å². The summed E-state index contributed by atoms with van der Waals surface area (Å²) in [6, 6.07) is 5.37. The van der Waals surface area contributed by atoms with E-state index in [2.05, 4.69) is 12.2 Å². The van der Waals surface area contributed by atoms with Gasteiger partial charge < -0.3 is 15.3 Å². The van der Waals surface area contributed by atoms with Crippen molar-refractivity contribution in [1.29, 1.82) is 0 Å². The van der Waals surface area contributed by atoms with Gasteiger partial charge >= 0.3 is 0 Å². The van der Waals surface area contributed by atoms with Gasteiger partial charge in [0.2, 0.25) is 5.91 Å². The second-order valence-corrected chi connectivity index (χ2v) is 5.93. The first-order valence-electron chi connectivity index (χ1n) is 7.29. The number of hydrogen-bond acceptors (Lipinski definition) is 3. The number of phenolic OH excluding ortho intramolecular Hbond substituents is 1. The zero-order chi connectivity index (χ0) is 14.9. The number of carbonyl (C=O) groups excluding carboxylic acids is 1. The first kappa shape index (κ1) is 14.7. The van der Waals surface area contributed by atoms with Crippen molar-refractivity contribution in [3.63, 3.8) is 0 Å². The van der Waals surface area contributed by atoms with Crippen molar-refractivity contribution in [3.05, 3.63) is 23.8 Å². The predicted octanol–water partition coefficient (Wildman–Crippen LogP) is 2.30. The van der Waals surface area contributed by atoms with E-state index in [1.807, 2.05) is 31.9 Å². The maximum absolute atomic E-state index is 12.5. The number of likely N-dealkylation sites (N-methyl/N-ethyl adjacent to an activating group) is 1. The van der Waals surface area contributed by atoms with E-state index in [1.165, 1.54) is 5.56 Å². The third-order valence-electron chi connectivity index (χ3n) is 4.07. The molecule has 1 aliphatic heterocycles. The molecule has 2 atom stereocenters. The number of carbonyl (C=O) groups is 1. The van der Waals surface area contributed by atoms with Crippen LogP contribution in [0.3, 0.4) is 0 Å². The first-order chi connectivity index (χ1) is 9.43. The Labute approximate surface area is 120 Å². The molecule has 2 N–H and O–H groups in total. The quantitative estimate of drug-likeness (QED) is 0.871. The number of nitrogens with zero attached hydrogens (tertiary/aromatic N) is 1. The Hall–Kier alpha value is -1.71. The number of anilines is 1. The van der Waals surface area contributed by atoms with Crippen molar-refractivity contribution in [2.45, 2.75) is 45.7 Å². The molecule has 2 rings (SSSR count). The normalized spacial score (nSPS) is 23.1. The van der Waals surface area contributed by atoms with Crippen molar-refractivity contribution in [3.8, 4) is 5.75 Å². The lowest BCUT2D eigenvalue weighted by atomic mass is 9.94. The van der Waals surface area contributed by atoms with Crippen LogP contribution in [-0.2, 0) is 11.2 Å². The molecule has 1 aromatic rings. The van der Waals surface area contributed by atoms with E-state index in [1.54, 1.807) is 12.1 Å². The average molecular weight is 276 g/mol. The summed E-state index contributed by atoms with van der Waals surface area (Å²) in [6.07, 6.45) is 1.70. The van der Waals surface area contributed by atoms with Crippen molar-refractivity contribution >= 4 is 11.6 Å². The summed E-state index contributed by atoms with van der Waals surface area (Å²) in [5, 5.41) is 12.9. The van der Waals surface area contributed by atoms with Gasteiger partial charge in [0.1, 0.15) is 11.8 Å². The van der Waals surface area contributed by atoms with Gasteiger partial charge in [-0.15, -0.1) is 0 Å². The van der Waals surface area contributed by atoms with E-state index in [9.17, 15) is 9.90 Å². The number of fused-ring (bicyclic) bond motifs is 1. The molecule has 1 heterocycles. The molecular formula is C16H24N2O2. The minimum Gasteiger partial charge on any atom is -0.508 e. The van der Waals surface area contributed by atoms with E-state index in [-0.39, 0.29) is 29.7 Å². The number of phenols is 1. The molecule has 0 spiro atoms. The zero-order valence-corrected chi connectivity index (χ0v) is 12.7. The SMILES string of the molecule is CC[C@@H]1Cc2ccc(O)cc2N(C)[C@@H](C(C)C)C(=O)N1. The Morgan fingerprint density at radius 3 is 2.75 bits per heavy atom. The third-order valence-corrected chi connectivity index (χ3v) is 4.07. The fourth-order valence-electron chi connectivity index (χ4n) is 2.98. The Bertz CT molecular complexity index is 499. The molecule has 0 unspecified atom stereocenters. The molecule has 110 valence electrons. The number of aromatic hydroxyl groups is 1. The molecule has 0 radical (unpaired) electrons. The lowest BCUT2D eigenvalue weighted by Crippen LogP contribution is -2.53. The second-order valence-electron chi connectivity index (χ2n) is 5.93. The van der Waals surface area contributed by atoms with E-state index in [4.69, 9.17) is 0 Å². The summed E-state index contributed by atoms with van der Waals surface area (Å²) < 4.78 is 0. The van der Waals surface area contributed by atoms with Crippen LogP contribution in [0.5, 0.6) is 5.75 Å². The number of benzene rings is 1. The lowest BCUT2D eigenvalue weighted by molar-refractivity contribution is -0.124. The van der Waals surface area contributed by atoms with Crippen LogP contribution in [0.4, 0.5) is 5.69 Å². The maximum Gasteiger partial charge on any atom is 0.243 e. The highest BCUT2D eigenvalue weighted by molar-refractivity contribution is 5.86. The van der Waals surface area contributed by atoms with Crippen molar-refractivity contribution in [1.82, 2.24) is 5.32 Å². The van der Waals surface area contributed by atoms with Gasteiger partial charge in [-0.2, -0.15) is 0 Å². The van der Waals surface area contributed by atoms with Gasteiger partial charge in [-0.05, 0) is 30.4 Å². The van der Waals surface area contributed by atoms with Gasteiger partial charge in [-0.3, -0.25) is 4.79 Å². The van der Waals surface area contributed by atoms with Gasteiger partial charge in [-0.25, -0.2) is 0 Å². The topological polar surface area (TPSA) is 52.6 Å². The fourth-order valence-corrected chi connectivity index (χ4v) is 2.98. The van der Waals surface area contributed by atoms with Crippen LogP contribution in [0.2, 0.25) is 0 Å². The summed E-state index contributed by atoms with van der Waals surface area (Å²) >= 11 is 0. The van der Waals surface area contributed by atoms with E-state index in [0.717, 1.165) is 18.5 Å². The Morgan fingerprint density at radius 1 is 1.45 bits per heavy atom. The van der Waals surface area contributed by atoms with Crippen molar-refractivity contribution < 1.29 is 9.90 Å². The standard InChI is InChI=1S/C16H24N2O2/c1-5-12-8-11-6-7-13(19)9-14(11)18(4)15(10(2)3)16(20)17-12/h6-7,9-10,12,15,19H,5,8H2,1-4H3,(H,17,20)/t12-,15+/m1/s1. The summed E-state index contributed by atoms with van der Waals surface area (Å²) in [5.41, 5.74) is 2.12. The van der Waals surface area contributed by atoms with Gasteiger partial charge in [-0.1, -0.05) is 26.8 Å². The predicted molar refractivity (Wildman–Crippen MR) is 81.1 cm³/mol. The van der Waals surface area contributed by atoms with Crippen molar-refractivity contribution in [2.75, 3.05) is 11.9 Å². The zero-order valence-electron chi connectivity index (χ0n) is 12.7. The Balaban J connectivity index is 2.50. The summed E-state index contributed by atoms with van der Waals surface area (Å²) in [6.45, 7) is 6.18. The van der Waals surface area contributed by atoms with Crippen LogP contribution in [-0.4, -0.2) is 30.1 Å². The highest BCUT2D eigenvalue weighted by Crippen LogP contribution is 2.30. The van der Waals surface area contributed by atoms with Gasteiger partial charge in [0.15, 0.2) is 0 Å². The van der Waals surface area contributed by atoms with Crippen LogP contribution in [0, 0.1) is 5.92 Å². The van der Waals surface area contributed by atoms with E-state index >= 15 is 0 Å². The summed E-state index contributed by atoms with van der Waals surface area (Å²) in [4.78, 5) is 14.5. The second kappa shape index (κ2) is 5.73. The van der Waals surface area contributed by atoms with E-state index in [0.29, 0.717) is 0 Å². The lowest BCUT2D eigenvalue weighted by Gasteiger charge is -2.37. The van der Waals surface area contributed by atoms with Crippen LogP contribution in [0.25, 0.3) is 0 Å². The van der Waals surface area contributed by atoms with Crippen LogP contribution < -0.4 is 10.2 Å². The minimum atomic E-state index is -0.218. The molecule has 1 aromatic carbocycles. The maximum atomic E-state index is 12.5. The van der Waals surface area contributed by atoms with Gasteiger partial charge in [0, 0.05) is 24.8 Å². The first-order valence-corrected chi connectivity index (χ1v) is 7.29. The molecule has 4 nitrogen and oxygen atoms in total. The van der Waals surface area contributed by atoms with E-state index < -0.39 is 0 Å². The number of rotatable bonds is 2. The van der Waals surface area contributed by atoms with Gasteiger partial charge in [0.25, 0.3) is 0 Å². The Kier molecular flexibility index (Phi) is 4.21. The molecule has 0 aromatic heterocycles. The molecule has 0 bridgehead atoms. The Morgan fingerprint density at radius 2 is 2.15 bits per heavy atom. The third kappa shape index (κ3) is 2.74. The fraction of sp³-hybridized carbons (Fsp3) is 0.562. The smallest absolute Gasteiger partial charge is 0.243 e. The monoisotopic (exact) mass is 276 g/mol. The largest absolute Gasteiger partial charge is 0.508 e. The van der Waals surface area contributed by atoms with Crippen LogP contribution in [0.15, 0.2) is 18.2 Å².